The van der Waals surface area contributed by atoms with Gasteiger partial charge in [-0.1, -0.05) is 15.9 Å². The lowest BCUT2D eigenvalue weighted by Gasteiger charge is -2.26. The van der Waals surface area contributed by atoms with Crippen molar-refractivity contribution in [1.29, 1.82) is 5.26 Å². The first-order valence-corrected chi connectivity index (χ1v) is 7.83. The topological polar surface area (TPSA) is 56.1 Å². The third-order valence-corrected chi connectivity index (χ3v) is 4.43. The van der Waals surface area contributed by atoms with E-state index < -0.39 is 0 Å². The van der Waals surface area contributed by atoms with Crippen LogP contribution in [-0.2, 0) is 4.79 Å². The van der Waals surface area contributed by atoms with Crippen molar-refractivity contribution in [2.45, 2.75) is 26.2 Å². The highest BCUT2D eigenvalue weighted by Crippen LogP contribution is 2.20. The molecule has 1 saturated heterocycles. The van der Waals surface area contributed by atoms with Gasteiger partial charge in [-0.2, -0.15) is 5.26 Å². The van der Waals surface area contributed by atoms with Gasteiger partial charge in [0, 0.05) is 29.4 Å². The maximum Gasteiger partial charge on any atom is 0.266 e. The molecule has 5 heteroatoms. The van der Waals surface area contributed by atoms with Crippen LogP contribution < -0.4 is 5.32 Å². The Hall–Kier alpha value is -1.80. The fourth-order valence-electron chi connectivity index (χ4n) is 2.30. The number of nitrogens with zero attached hydrogens (tertiary/aromatic N) is 2. The van der Waals surface area contributed by atoms with Crippen molar-refractivity contribution >= 4 is 27.5 Å². The Kier molecular flexibility index (Phi) is 5.40. The average Bonchev–Trinajstić information content (AvgIpc) is 2.52. The third-order valence-electron chi connectivity index (χ3n) is 3.54. The summed E-state index contributed by atoms with van der Waals surface area (Å²) in [4.78, 5) is 14.0. The van der Waals surface area contributed by atoms with E-state index in [4.69, 9.17) is 0 Å². The summed E-state index contributed by atoms with van der Waals surface area (Å²) < 4.78 is 1.03. The van der Waals surface area contributed by atoms with Crippen molar-refractivity contribution in [1.82, 2.24) is 4.90 Å². The maximum atomic E-state index is 12.3. The molecule has 1 N–H and O–H groups in total. The Labute approximate surface area is 133 Å². The molecule has 0 bridgehead atoms. The number of anilines is 1. The Morgan fingerprint density at radius 1 is 1.38 bits per heavy atom. The van der Waals surface area contributed by atoms with Gasteiger partial charge in [0.2, 0.25) is 0 Å². The van der Waals surface area contributed by atoms with E-state index in [1.54, 1.807) is 4.90 Å². The Bertz CT molecular complexity index is 598. The number of benzene rings is 1. The van der Waals surface area contributed by atoms with Crippen LogP contribution >= 0.6 is 15.9 Å². The fraction of sp³-hybridized carbons (Fsp3) is 0.375. The average molecular weight is 348 g/mol. The zero-order chi connectivity index (χ0) is 15.2. The molecule has 2 rings (SSSR count). The number of carbonyl (C=O) groups is 1. The number of piperidine rings is 1. The summed E-state index contributed by atoms with van der Waals surface area (Å²) in [5.74, 6) is -0.182. The Balaban J connectivity index is 2.07. The maximum absolute atomic E-state index is 12.3. The molecule has 21 heavy (non-hydrogen) atoms. The number of rotatable bonds is 3. The summed E-state index contributed by atoms with van der Waals surface area (Å²) in [6, 6.07) is 7.78. The number of likely N-dealkylation sites (tertiary alicyclic amines) is 1. The van der Waals surface area contributed by atoms with Crippen LogP contribution in [0.1, 0.15) is 24.8 Å². The summed E-state index contributed by atoms with van der Waals surface area (Å²) >= 11 is 3.44. The molecule has 1 aromatic rings. The Morgan fingerprint density at radius 2 is 2.10 bits per heavy atom. The number of aryl methyl sites for hydroxylation is 1. The molecule has 0 aromatic heterocycles. The van der Waals surface area contributed by atoms with E-state index in [1.165, 1.54) is 6.20 Å². The van der Waals surface area contributed by atoms with E-state index in [9.17, 15) is 10.1 Å². The molecule has 0 atom stereocenters. The number of halogens is 1. The normalized spacial score (nSPS) is 15.5. The lowest BCUT2D eigenvalue weighted by molar-refractivity contribution is -0.127. The van der Waals surface area contributed by atoms with Gasteiger partial charge in [0.05, 0.1) is 0 Å². The minimum atomic E-state index is -0.182. The van der Waals surface area contributed by atoms with Crippen molar-refractivity contribution in [2.75, 3.05) is 18.4 Å². The summed E-state index contributed by atoms with van der Waals surface area (Å²) in [5.41, 5.74) is 2.10. The molecule has 1 heterocycles. The van der Waals surface area contributed by atoms with Crippen LogP contribution in [0.3, 0.4) is 0 Å². The van der Waals surface area contributed by atoms with E-state index >= 15 is 0 Å². The monoisotopic (exact) mass is 347 g/mol. The first kappa shape index (κ1) is 15.6. The molecule has 1 aliphatic heterocycles. The molecule has 0 saturated carbocycles. The van der Waals surface area contributed by atoms with Gasteiger partial charge >= 0.3 is 0 Å². The summed E-state index contributed by atoms with van der Waals surface area (Å²) in [7, 11) is 0. The van der Waals surface area contributed by atoms with Crippen LogP contribution in [0, 0.1) is 18.3 Å². The van der Waals surface area contributed by atoms with Crippen molar-refractivity contribution in [2.24, 2.45) is 0 Å². The molecule has 4 nitrogen and oxygen atoms in total. The molecule has 1 amide bonds. The summed E-state index contributed by atoms with van der Waals surface area (Å²) in [6.07, 6.45) is 4.69. The zero-order valence-electron chi connectivity index (χ0n) is 12.0. The second kappa shape index (κ2) is 7.28. The van der Waals surface area contributed by atoms with Gasteiger partial charge in [0.15, 0.2) is 0 Å². The van der Waals surface area contributed by atoms with E-state index in [0.29, 0.717) is 0 Å². The molecular formula is C16H18BrN3O. The van der Waals surface area contributed by atoms with Gasteiger partial charge in [-0.25, -0.2) is 0 Å². The fourth-order valence-corrected chi connectivity index (χ4v) is 2.55. The minimum Gasteiger partial charge on any atom is -0.360 e. The Morgan fingerprint density at radius 3 is 2.71 bits per heavy atom. The molecule has 0 aliphatic carbocycles. The van der Waals surface area contributed by atoms with Crippen LogP contribution in [0.25, 0.3) is 0 Å². The number of nitrogens with one attached hydrogen (secondary N) is 1. The molecular weight excluding hydrogens is 330 g/mol. The second-order valence-electron chi connectivity index (χ2n) is 5.13. The summed E-state index contributed by atoms with van der Waals surface area (Å²) in [6.45, 7) is 3.48. The highest BCUT2D eigenvalue weighted by atomic mass is 79.9. The quantitative estimate of drug-likeness (QED) is 0.671. The zero-order valence-corrected chi connectivity index (χ0v) is 13.6. The van der Waals surface area contributed by atoms with Crippen molar-refractivity contribution in [3.05, 3.63) is 40.0 Å². The van der Waals surface area contributed by atoms with Gasteiger partial charge in [-0.05, 0) is 49.9 Å². The molecule has 0 unspecified atom stereocenters. The van der Waals surface area contributed by atoms with E-state index in [0.717, 1.165) is 48.1 Å². The molecule has 1 fully saturated rings. The smallest absolute Gasteiger partial charge is 0.266 e. The largest absolute Gasteiger partial charge is 0.360 e. The van der Waals surface area contributed by atoms with Gasteiger partial charge in [0.25, 0.3) is 5.91 Å². The van der Waals surface area contributed by atoms with Gasteiger partial charge < -0.3 is 10.2 Å². The standard InChI is InChI=1S/C16H18BrN3O/c1-12-9-14(5-6-15(12)17)19-11-13(10-18)16(21)20-7-3-2-4-8-20/h5-6,9,11,19H,2-4,7-8H2,1H3/b13-11-. The lowest BCUT2D eigenvalue weighted by Crippen LogP contribution is -2.36. The first-order valence-electron chi connectivity index (χ1n) is 7.04. The SMILES string of the molecule is Cc1cc(N/C=C(/C#N)C(=O)N2CCCCC2)ccc1Br. The lowest BCUT2D eigenvalue weighted by atomic mass is 10.1. The highest BCUT2D eigenvalue weighted by Gasteiger charge is 2.20. The third kappa shape index (κ3) is 4.08. The van der Waals surface area contributed by atoms with E-state index in [-0.39, 0.29) is 11.5 Å². The first-order chi connectivity index (χ1) is 10.1. The predicted molar refractivity (Wildman–Crippen MR) is 86.6 cm³/mol. The number of nitriles is 1. The molecule has 1 aliphatic rings. The molecule has 1 aromatic carbocycles. The molecule has 0 radical (unpaired) electrons. The van der Waals surface area contributed by atoms with Crippen LogP contribution in [-0.4, -0.2) is 23.9 Å². The highest BCUT2D eigenvalue weighted by molar-refractivity contribution is 9.10. The summed E-state index contributed by atoms with van der Waals surface area (Å²) in [5, 5.41) is 12.2. The van der Waals surface area contributed by atoms with E-state index in [1.807, 2.05) is 31.2 Å². The van der Waals surface area contributed by atoms with Crippen LogP contribution in [0.4, 0.5) is 5.69 Å². The molecule has 0 spiro atoms. The number of hydrogen-bond acceptors (Lipinski definition) is 3. The minimum absolute atomic E-state index is 0.150. The number of hydrogen-bond donors (Lipinski definition) is 1. The van der Waals surface area contributed by atoms with Gasteiger partial charge in [-0.3, -0.25) is 4.79 Å². The van der Waals surface area contributed by atoms with E-state index in [2.05, 4.69) is 21.2 Å². The number of amides is 1. The molecule has 110 valence electrons. The van der Waals surface area contributed by atoms with Crippen LogP contribution in [0.5, 0.6) is 0 Å². The number of carbonyl (C=O) groups excluding carboxylic acids is 1. The van der Waals surface area contributed by atoms with Gasteiger partial charge in [-0.15, -0.1) is 0 Å². The van der Waals surface area contributed by atoms with Gasteiger partial charge in [0.1, 0.15) is 11.6 Å². The second-order valence-corrected chi connectivity index (χ2v) is 5.99. The van der Waals surface area contributed by atoms with Crippen molar-refractivity contribution in [3.63, 3.8) is 0 Å². The van der Waals surface area contributed by atoms with Crippen molar-refractivity contribution in [3.8, 4) is 6.07 Å². The van der Waals surface area contributed by atoms with Crippen molar-refractivity contribution < 1.29 is 4.79 Å². The predicted octanol–water partition coefficient (Wildman–Crippen LogP) is 3.59. The van der Waals surface area contributed by atoms with Crippen LogP contribution in [0.15, 0.2) is 34.4 Å². The van der Waals surface area contributed by atoms with Crippen LogP contribution in [0.2, 0.25) is 0 Å².